The molecule has 0 radical (unpaired) electrons. The SMILES string of the molecule is Cc1ccc(COc2ccc(C[C@H](NC(=O)c3cc4cc(-c5ccc(Cl)cc5)ccc4s3)C(=O)O)cc2)cc1. The van der Waals surface area contributed by atoms with Gasteiger partial charge in [0.15, 0.2) is 0 Å². The van der Waals surface area contributed by atoms with E-state index in [-0.39, 0.29) is 6.42 Å². The van der Waals surface area contributed by atoms with Crippen LogP contribution in [0.1, 0.15) is 26.4 Å². The number of nitrogens with one attached hydrogen (secondary N) is 1. The number of ether oxygens (including phenoxy) is 1. The fraction of sp³-hybridized carbons (Fsp3) is 0.125. The standard InChI is InChI=1S/C32H26ClNO4S/c1-20-2-4-22(5-3-20)19-38-27-13-6-21(7-14-27)16-28(32(36)37)34-31(35)30-18-25-17-24(10-15-29(25)39-30)23-8-11-26(33)12-9-23/h2-15,17-18,28H,16,19H2,1H3,(H,34,35)(H,36,37)/t28-/m0/s1. The first-order valence-corrected chi connectivity index (χ1v) is 13.6. The fourth-order valence-electron chi connectivity index (χ4n) is 4.22. The van der Waals surface area contributed by atoms with Crippen LogP contribution in [-0.4, -0.2) is 23.0 Å². The number of carboxylic acids is 1. The second-order valence-electron chi connectivity index (χ2n) is 9.36. The molecule has 7 heteroatoms. The highest BCUT2D eigenvalue weighted by Gasteiger charge is 2.22. The number of benzene rings is 4. The number of halogens is 1. The van der Waals surface area contributed by atoms with Crippen molar-refractivity contribution in [3.05, 3.63) is 124 Å². The minimum atomic E-state index is -1.09. The highest BCUT2D eigenvalue weighted by atomic mass is 35.5. The summed E-state index contributed by atoms with van der Waals surface area (Å²) in [6.45, 7) is 2.49. The molecule has 39 heavy (non-hydrogen) atoms. The second-order valence-corrected chi connectivity index (χ2v) is 10.9. The topological polar surface area (TPSA) is 75.6 Å². The average Bonchev–Trinajstić information content (AvgIpc) is 3.37. The lowest BCUT2D eigenvalue weighted by Gasteiger charge is -2.14. The van der Waals surface area contributed by atoms with Crippen molar-refractivity contribution in [1.29, 1.82) is 0 Å². The van der Waals surface area contributed by atoms with Crippen molar-refractivity contribution in [3.8, 4) is 16.9 Å². The number of fused-ring (bicyclic) bond motifs is 1. The second kappa shape index (κ2) is 11.7. The summed E-state index contributed by atoms with van der Waals surface area (Å²) < 4.78 is 6.79. The number of aliphatic carboxylic acids is 1. The van der Waals surface area contributed by atoms with Crippen LogP contribution in [0.2, 0.25) is 5.02 Å². The summed E-state index contributed by atoms with van der Waals surface area (Å²) in [6.07, 6.45) is 0.158. The quantitative estimate of drug-likeness (QED) is 0.197. The molecule has 0 bridgehead atoms. The average molecular weight is 556 g/mol. The largest absolute Gasteiger partial charge is 0.489 e. The molecule has 5 nitrogen and oxygen atoms in total. The van der Waals surface area contributed by atoms with Crippen molar-refractivity contribution in [3.63, 3.8) is 0 Å². The molecule has 2 N–H and O–H groups in total. The van der Waals surface area contributed by atoms with Crippen LogP contribution in [0.4, 0.5) is 0 Å². The lowest BCUT2D eigenvalue weighted by atomic mass is 10.0. The number of carbonyl (C=O) groups excluding carboxylic acids is 1. The number of thiophene rings is 1. The van der Waals surface area contributed by atoms with Gasteiger partial charge in [0.05, 0.1) is 4.88 Å². The molecule has 0 fully saturated rings. The number of hydrogen-bond acceptors (Lipinski definition) is 4. The molecule has 5 rings (SSSR count). The Morgan fingerprint density at radius 1 is 0.872 bits per heavy atom. The highest BCUT2D eigenvalue weighted by Crippen LogP contribution is 2.31. The molecule has 196 valence electrons. The molecule has 0 aliphatic carbocycles. The molecule has 0 spiro atoms. The third-order valence-corrected chi connectivity index (χ3v) is 7.78. The van der Waals surface area contributed by atoms with E-state index in [1.165, 1.54) is 16.9 Å². The van der Waals surface area contributed by atoms with Gasteiger partial charge in [-0.25, -0.2) is 4.79 Å². The van der Waals surface area contributed by atoms with Crippen molar-refractivity contribution in [2.75, 3.05) is 0 Å². The first-order valence-electron chi connectivity index (χ1n) is 12.4. The number of hydrogen-bond donors (Lipinski definition) is 2. The molecule has 0 aliphatic rings. The van der Waals surface area contributed by atoms with Gasteiger partial charge in [0.25, 0.3) is 5.91 Å². The van der Waals surface area contributed by atoms with E-state index in [4.69, 9.17) is 16.3 Å². The van der Waals surface area contributed by atoms with Gasteiger partial charge in [0.1, 0.15) is 18.4 Å². The molecule has 0 aliphatic heterocycles. The number of amides is 1. The van der Waals surface area contributed by atoms with E-state index in [1.54, 1.807) is 6.07 Å². The van der Waals surface area contributed by atoms with Gasteiger partial charge in [-0.05, 0) is 77.0 Å². The van der Waals surface area contributed by atoms with Crippen LogP contribution in [-0.2, 0) is 17.8 Å². The van der Waals surface area contributed by atoms with Gasteiger partial charge in [-0.2, -0.15) is 0 Å². The van der Waals surface area contributed by atoms with E-state index < -0.39 is 17.9 Å². The van der Waals surface area contributed by atoms with Crippen LogP contribution in [0.5, 0.6) is 5.75 Å². The van der Waals surface area contributed by atoms with Crippen LogP contribution in [0.25, 0.3) is 21.2 Å². The molecule has 4 aromatic carbocycles. The Balaban J connectivity index is 1.23. The summed E-state index contributed by atoms with van der Waals surface area (Å²) >= 11 is 7.34. The number of carbonyl (C=O) groups is 2. The predicted octanol–water partition coefficient (Wildman–Crippen LogP) is 7.53. The smallest absolute Gasteiger partial charge is 0.326 e. The fourth-order valence-corrected chi connectivity index (χ4v) is 5.29. The Bertz CT molecular complexity index is 1610. The molecular formula is C32H26ClNO4S. The minimum absolute atomic E-state index is 0.158. The lowest BCUT2D eigenvalue weighted by molar-refractivity contribution is -0.139. The highest BCUT2D eigenvalue weighted by molar-refractivity contribution is 7.20. The molecule has 0 saturated carbocycles. The zero-order chi connectivity index (χ0) is 27.4. The van der Waals surface area contributed by atoms with Gasteiger partial charge < -0.3 is 15.2 Å². The molecule has 5 aromatic rings. The third-order valence-electron chi connectivity index (χ3n) is 6.41. The zero-order valence-corrected chi connectivity index (χ0v) is 22.8. The van der Waals surface area contributed by atoms with E-state index in [1.807, 2.05) is 97.9 Å². The summed E-state index contributed by atoms with van der Waals surface area (Å²) in [5.74, 6) is -0.803. The Kier molecular flexibility index (Phi) is 7.96. The van der Waals surface area contributed by atoms with Crippen molar-refractivity contribution in [2.45, 2.75) is 26.0 Å². The van der Waals surface area contributed by atoms with E-state index in [2.05, 4.69) is 5.32 Å². The first kappa shape index (κ1) is 26.5. The molecule has 0 unspecified atom stereocenters. The predicted molar refractivity (Wildman–Crippen MR) is 157 cm³/mol. The van der Waals surface area contributed by atoms with Gasteiger partial charge in [-0.15, -0.1) is 11.3 Å². The first-order chi connectivity index (χ1) is 18.8. The summed E-state index contributed by atoms with van der Waals surface area (Å²) in [4.78, 5) is 25.4. The summed E-state index contributed by atoms with van der Waals surface area (Å²) in [6, 6.07) is 29.7. The molecule has 1 atom stereocenters. The van der Waals surface area contributed by atoms with Crippen LogP contribution >= 0.6 is 22.9 Å². The molecule has 1 aromatic heterocycles. The maximum atomic E-state index is 13.0. The summed E-state index contributed by atoms with van der Waals surface area (Å²) in [7, 11) is 0. The molecular weight excluding hydrogens is 530 g/mol. The number of rotatable bonds is 9. The van der Waals surface area contributed by atoms with Gasteiger partial charge in [-0.3, -0.25) is 4.79 Å². The van der Waals surface area contributed by atoms with Gasteiger partial charge >= 0.3 is 5.97 Å². The Hall–Kier alpha value is -4.13. The van der Waals surface area contributed by atoms with Crippen molar-refractivity contribution in [2.24, 2.45) is 0 Å². The van der Waals surface area contributed by atoms with Gasteiger partial charge in [0, 0.05) is 16.1 Å². The van der Waals surface area contributed by atoms with Crippen molar-refractivity contribution >= 4 is 44.9 Å². The minimum Gasteiger partial charge on any atom is -0.489 e. The van der Waals surface area contributed by atoms with Crippen molar-refractivity contribution < 1.29 is 19.4 Å². The molecule has 1 amide bonds. The monoisotopic (exact) mass is 555 g/mol. The summed E-state index contributed by atoms with van der Waals surface area (Å²) in [5, 5.41) is 14.1. The number of carboxylic acid groups (broad SMARTS) is 1. The van der Waals surface area contributed by atoms with E-state index in [9.17, 15) is 14.7 Å². The van der Waals surface area contributed by atoms with Crippen LogP contribution in [0, 0.1) is 6.92 Å². The molecule has 1 heterocycles. The van der Waals surface area contributed by atoms with E-state index >= 15 is 0 Å². The van der Waals surface area contributed by atoms with Crippen LogP contribution in [0.15, 0.2) is 97.1 Å². The van der Waals surface area contributed by atoms with E-state index in [0.717, 1.165) is 32.3 Å². The summed E-state index contributed by atoms with van der Waals surface area (Å²) in [5.41, 5.74) is 5.09. The zero-order valence-electron chi connectivity index (χ0n) is 21.2. The maximum Gasteiger partial charge on any atom is 0.326 e. The third kappa shape index (κ3) is 6.66. The van der Waals surface area contributed by atoms with Crippen LogP contribution < -0.4 is 10.1 Å². The van der Waals surface area contributed by atoms with Crippen LogP contribution in [0.3, 0.4) is 0 Å². The van der Waals surface area contributed by atoms with E-state index in [0.29, 0.717) is 22.3 Å². The van der Waals surface area contributed by atoms with Gasteiger partial charge in [-0.1, -0.05) is 71.8 Å². The number of aryl methyl sites for hydroxylation is 1. The Morgan fingerprint density at radius 3 is 2.23 bits per heavy atom. The van der Waals surface area contributed by atoms with Crippen molar-refractivity contribution in [1.82, 2.24) is 5.32 Å². The lowest BCUT2D eigenvalue weighted by Crippen LogP contribution is -2.42. The Labute approximate surface area is 235 Å². The normalized spacial score (nSPS) is 11.7. The Morgan fingerprint density at radius 2 is 1.54 bits per heavy atom. The van der Waals surface area contributed by atoms with Gasteiger partial charge in [0.2, 0.25) is 0 Å². The molecule has 0 saturated heterocycles. The maximum absolute atomic E-state index is 13.0.